The smallest absolute Gasteiger partial charge is 0.426 e. The lowest BCUT2D eigenvalue weighted by Gasteiger charge is -2.30. The number of rotatable bonds is 7. The lowest BCUT2D eigenvalue weighted by molar-refractivity contribution is -0.140. The molecule has 0 fully saturated rings. The number of carboxylic acid groups (broad SMARTS) is 1. The summed E-state index contributed by atoms with van der Waals surface area (Å²) in [4.78, 5) is 36.3. The molecule has 0 bridgehead atoms. The highest BCUT2D eigenvalue weighted by Crippen LogP contribution is 2.43. The highest BCUT2D eigenvalue weighted by molar-refractivity contribution is 6.48. The van der Waals surface area contributed by atoms with Crippen molar-refractivity contribution in [3.8, 4) is 0 Å². The second kappa shape index (κ2) is 13.7. The lowest BCUT2D eigenvalue weighted by Crippen LogP contribution is -2.52. The molecule has 0 spiro atoms. The van der Waals surface area contributed by atoms with Crippen molar-refractivity contribution in [2.75, 3.05) is 20.1 Å². The Labute approximate surface area is 255 Å². The number of nitrogens with zero attached hydrogens (tertiary/aromatic N) is 2. The molecule has 0 heterocycles. The number of hydrazine groups is 1. The second-order valence-corrected chi connectivity index (χ2v) is 9.84. The van der Waals surface area contributed by atoms with Crippen LogP contribution in [-0.4, -0.2) is 65.5 Å². The Morgan fingerprint density at radius 1 is 0.955 bits per heavy atom. The lowest BCUT2D eigenvalue weighted by atomic mass is 9.95. The van der Waals surface area contributed by atoms with Gasteiger partial charge in [-0.15, -0.1) is 0 Å². The number of alkyl halides is 9. The molecular formula is C24H16Cl3F10N3O4. The molecule has 0 aliphatic heterocycles. The first kappa shape index (κ1) is 36.8. The van der Waals surface area contributed by atoms with Gasteiger partial charge >= 0.3 is 24.6 Å². The van der Waals surface area contributed by atoms with E-state index in [1.807, 2.05) is 0 Å². The van der Waals surface area contributed by atoms with Crippen molar-refractivity contribution in [3.05, 3.63) is 73.7 Å². The van der Waals surface area contributed by atoms with Crippen LogP contribution in [0.2, 0.25) is 15.1 Å². The van der Waals surface area contributed by atoms with Crippen LogP contribution in [0.1, 0.15) is 33.0 Å². The summed E-state index contributed by atoms with van der Waals surface area (Å²) >= 11 is 17.2. The van der Waals surface area contributed by atoms with Crippen molar-refractivity contribution in [2.24, 2.45) is 0 Å². The Morgan fingerprint density at radius 2 is 1.50 bits per heavy atom. The van der Waals surface area contributed by atoms with Crippen LogP contribution < -0.4 is 5.32 Å². The minimum absolute atomic E-state index is 0.0585. The van der Waals surface area contributed by atoms with E-state index in [4.69, 9.17) is 34.8 Å². The standard InChI is InChI=1S/C24H16Cl3F10N3O4/c1-39(21(43)44)40(8-18(41)38-9-22(29,30)31)20(42)12-3-2-10(4-14(12)24(35,36)37)17(28)7-13(23(32,33)34)11-5-15(25)19(27)16(26)6-11/h2-7,13H,8-9H2,1H3,(H,38,41)(H,43,44)/b17-7-. The molecule has 44 heavy (non-hydrogen) atoms. The molecule has 20 heteroatoms. The maximum atomic E-state index is 15.1. The van der Waals surface area contributed by atoms with Gasteiger partial charge in [-0.05, 0) is 35.9 Å². The Hall–Kier alpha value is -3.44. The summed E-state index contributed by atoms with van der Waals surface area (Å²) in [5, 5.41) is 9.03. The third-order valence-corrected chi connectivity index (χ3v) is 6.71. The van der Waals surface area contributed by atoms with E-state index in [1.54, 1.807) is 0 Å². The second-order valence-electron chi connectivity index (χ2n) is 8.65. The van der Waals surface area contributed by atoms with Crippen LogP contribution in [0.4, 0.5) is 48.7 Å². The van der Waals surface area contributed by atoms with Gasteiger partial charge in [-0.2, -0.15) is 39.5 Å². The van der Waals surface area contributed by atoms with Gasteiger partial charge in [0, 0.05) is 12.6 Å². The molecule has 3 amide bonds. The predicted octanol–water partition coefficient (Wildman–Crippen LogP) is 7.97. The highest BCUT2D eigenvalue weighted by Gasteiger charge is 2.42. The number of nitrogens with one attached hydrogen (secondary N) is 1. The van der Waals surface area contributed by atoms with Gasteiger partial charge in [0.1, 0.15) is 24.8 Å². The molecular weight excluding hydrogens is 691 g/mol. The van der Waals surface area contributed by atoms with E-state index in [9.17, 15) is 59.0 Å². The first-order valence-electron chi connectivity index (χ1n) is 11.4. The van der Waals surface area contributed by atoms with Crippen molar-refractivity contribution in [3.63, 3.8) is 0 Å². The maximum Gasteiger partial charge on any atom is 0.426 e. The third-order valence-electron chi connectivity index (χ3n) is 5.51. The van der Waals surface area contributed by atoms with Crippen LogP contribution in [-0.2, 0) is 11.0 Å². The largest absolute Gasteiger partial charge is 0.464 e. The summed E-state index contributed by atoms with van der Waals surface area (Å²) in [6.07, 6.45) is -17.8. The molecule has 0 aromatic heterocycles. The molecule has 2 aromatic carbocycles. The first-order chi connectivity index (χ1) is 19.9. The minimum atomic E-state index is -5.52. The van der Waals surface area contributed by atoms with E-state index in [1.165, 1.54) is 5.32 Å². The number of carbonyl (C=O) groups excluding carboxylic acids is 2. The van der Waals surface area contributed by atoms with E-state index in [-0.39, 0.29) is 33.2 Å². The van der Waals surface area contributed by atoms with Crippen molar-refractivity contribution >= 4 is 58.5 Å². The zero-order chi connectivity index (χ0) is 33.9. The summed E-state index contributed by atoms with van der Waals surface area (Å²) in [5.74, 6) is -8.17. The van der Waals surface area contributed by atoms with Crippen LogP contribution in [0.25, 0.3) is 5.83 Å². The fourth-order valence-corrected chi connectivity index (χ4v) is 4.05. The van der Waals surface area contributed by atoms with Gasteiger partial charge in [0.15, 0.2) is 0 Å². The van der Waals surface area contributed by atoms with E-state index in [0.29, 0.717) is 25.2 Å². The SMILES string of the molecule is CN(C(=O)O)N(CC(=O)NCC(F)(F)F)C(=O)c1ccc(/C(F)=C/C(c2cc(Cl)c(Cl)c(Cl)c2)C(F)(F)F)cc1C(F)(F)F. The van der Waals surface area contributed by atoms with Crippen LogP contribution in [0.15, 0.2) is 36.4 Å². The number of hydrogen-bond donors (Lipinski definition) is 2. The Bertz CT molecular complexity index is 1440. The third kappa shape index (κ3) is 9.53. The van der Waals surface area contributed by atoms with Gasteiger partial charge in [0.25, 0.3) is 5.91 Å². The molecule has 0 saturated heterocycles. The summed E-state index contributed by atoms with van der Waals surface area (Å²) in [7, 11) is 0.577. The highest BCUT2D eigenvalue weighted by atomic mass is 35.5. The van der Waals surface area contributed by atoms with Gasteiger partial charge in [0.2, 0.25) is 5.91 Å². The molecule has 0 saturated carbocycles. The number of halogens is 13. The monoisotopic (exact) mass is 705 g/mol. The Balaban J connectivity index is 2.61. The quantitative estimate of drug-likeness (QED) is 0.174. The van der Waals surface area contributed by atoms with Crippen molar-refractivity contribution in [1.82, 2.24) is 15.3 Å². The van der Waals surface area contributed by atoms with Gasteiger partial charge < -0.3 is 10.4 Å². The van der Waals surface area contributed by atoms with Crippen LogP contribution in [0.5, 0.6) is 0 Å². The molecule has 1 unspecified atom stereocenters. The van der Waals surface area contributed by atoms with Crippen molar-refractivity contribution in [2.45, 2.75) is 24.4 Å². The summed E-state index contributed by atoms with van der Waals surface area (Å²) in [6, 6.07) is 2.09. The molecule has 0 aliphatic carbocycles. The number of benzene rings is 2. The first-order valence-corrected chi connectivity index (χ1v) is 12.5. The molecule has 242 valence electrons. The molecule has 2 N–H and O–H groups in total. The topological polar surface area (TPSA) is 90.0 Å². The predicted molar refractivity (Wildman–Crippen MR) is 137 cm³/mol. The van der Waals surface area contributed by atoms with Crippen molar-refractivity contribution in [1.29, 1.82) is 0 Å². The molecule has 0 aliphatic rings. The summed E-state index contributed by atoms with van der Waals surface area (Å²) in [5.41, 5.74) is -5.25. The number of hydrogen-bond acceptors (Lipinski definition) is 3. The molecule has 0 radical (unpaired) electrons. The maximum absolute atomic E-state index is 15.1. The zero-order valence-corrected chi connectivity index (χ0v) is 23.7. The summed E-state index contributed by atoms with van der Waals surface area (Å²) in [6.45, 7) is -3.43. The fraction of sp³-hybridized carbons (Fsp3) is 0.292. The zero-order valence-electron chi connectivity index (χ0n) is 21.4. The average molecular weight is 707 g/mol. The van der Waals surface area contributed by atoms with Gasteiger partial charge in [-0.1, -0.05) is 40.9 Å². The van der Waals surface area contributed by atoms with Crippen LogP contribution in [0.3, 0.4) is 0 Å². The molecule has 2 aromatic rings. The van der Waals surface area contributed by atoms with E-state index >= 15 is 4.39 Å². The molecule has 7 nitrogen and oxygen atoms in total. The molecule has 1 atom stereocenters. The fourth-order valence-electron chi connectivity index (χ4n) is 3.44. The van der Waals surface area contributed by atoms with E-state index in [2.05, 4.69) is 0 Å². The van der Waals surface area contributed by atoms with Crippen LogP contribution >= 0.6 is 34.8 Å². The number of carbonyl (C=O) groups is 3. The van der Waals surface area contributed by atoms with E-state index in [0.717, 1.165) is 0 Å². The van der Waals surface area contributed by atoms with Gasteiger partial charge in [-0.25, -0.2) is 19.2 Å². The van der Waals surface area contributed by atoms with E-state index < -0.39 is 93.6 Å². The number of amides is 3. The van der Waals surface area contributed by atoms with Gasteiger partial charge in [-0.3, -0.25) is 9.59 Å². The average Bonchev–Trinajstić information content (AvgIpc) is 2.89. The van der Waals surface area contributed by atoms with Crippen LogP contribution in [0, 0.1) is 0 Å². The Kier molecular flexibility index (Phi) is 11.4. The number of allylic oxidation sites excluding steroid dienone is 1. The minimum Gasteiger partial charge on any atom is -0.464 e. The normalized spacial score (nSPS) is 13.4. The van der Waals surface area contributed by atoms with Gasteiger partial charge in [0.05, 0.1) is 26.2 Å². The summed E-state index contributed by atoms with van der Waals surface area (Å²) < 4.78 is 136. The Morgan fingerprint density at radius 3 is 1.95 bits per heavy atom. The molecule has 2 rings (SSSR count). The van der Waals surface area contributed by atoms with Crippen molar-refractivity contribution < 1.29 is 63.4 Å².